The molecule has 23 heavy (non-hydrogen) atoms. The third-order valence-electron chi connectivity index (χ3n) is 3.25. The Balaban J connectivity index is 2.17. The summed E-state index contributed by atoms with van der Waals surface area (Å²) in [6, 6.07) is 12.0. The number of amides is 1. The number of sulfonamides is 1. The van der Waals surface area contributed by atoms with E-state index in [1.165, 1.54) is 19.1 Å². The highest BCUT2D eigenvalue weighted by molar-refractivity contribution is 7.92. The van der Waals surface area contributed by atoms with Gasteiger partial charge in [-0.3, -0.25) is 9.52 Å². The molecule has 0 saturated heterocycles. The molecule has 0 spiro atoms. The van der Waals surface area contributed by atoms with Crippen LogP contribution in [0.5, 0.6) is 0 Å². The zero-order valence-electron chi connectivity index (χ0n) is 13.4. The lowest BCUT2D eigenvalue weighted by Gasteiger charge is -2.10. The maximum absolute atomic E-state index is 12.4. The summed E-state index contributed by atoms with van der Waals surface area (Å²) in [4.78, 5) is 11.1. The number of hydrogen-bond acceptors (Lipinski definition) is 3. The van der Waals surface area contributed by atoms with Gasteiger partial charge in [0, 0.05) is 19.2 Å². The highest BCUT2D eigenvalue weighted by Crippen LogP contribution is 2.19. The zero-order chi connectivity index (χ0) is 17.0. The van der Waals surface area contributed by atoms with Gasteiger partial charge in [-0.05, 0) is 54.8 Å². The monoisotopic (exact) mass is 332 g/mol. The maximum atomic E-state index is 12.4. The Morgan fingerprint density at radius 2 is 1.57 bits per heavy atom. The van der Waals surface area contributed by atoms with E-state index in [0.29, 0.717) is 12.2 Å². The van der Waals surface area contributed by atoms with E-state index in [1.54, 1.807) is 24.3 Å². The molecule has 0 aliphatic carbocycles. The highest BCUT2D eigenvalue weighted by atomic mass is 32.2. The van der Waals surface area contributed by atoms with Crippen molar-refractivity contribution >= 4 is 21.6 Å². The van der Waals surface area contributed by atoms with Gasteiger partial charge in [0.15, 0.2) is 0 Å². The second kappa shape index (κ2) is 6.83. The average molecular weight is 332 g/mol. The number of carbonyl (C=O) groups excluding carboxylic acids is 1. The van der Waals surface area contributed by atoms with Crippen LogP contribution in [-0.4, -0.2) is 14.3 Å². The molecule has 0 radical (unpaired) electrons. The minimum absolute atomic E-state index is 0.127. The normalized spacial score (nSPS) is 11.1. The summed E-state index contributed by atoms with van der Waals surface area (Å²) in [5.41, 5.74) is 3.37. The van der Waals surface area contributed by atoms with Gasteiger partial charge in [-0.1, -0.05) is 18.2 Å². The predicted molar refractivity (Wildman–Crippen MR) is 90.7 cm³/mol. The molecule has 2 rings (SSSR count). The molecule has 0 aliphatic rings. The molecule has 0 heterocycles. The molecule has 0 saturated carbocycles. The van der Waals surface area contributed by atoms with Crippen LogP contribution in [0.4, 0.5) is 5.69 Å². The quantitative estimate of drug-likeness (QED) is 0.884. The molecule has 2 aromatic rings. The molecule has 2 aromatic carbocycles. The van der Waals surface area contributed by atoms with E-state index in [9.17, 15) is 13.2 Å². The average Bonchev–Trinajstić information content (AvgIpc) is 2.44. The van der Waals surface area contributed by atoms with E-state index in [2.05, 4.69) is 10.0 Å². The molecule has 5 nitrogen and oxygen atoms in total. The molecular weight excluding hydrogens is 312 g/mol. The Kier molecular flexibility index (Phi) is 5.05. The topological polar surface area (TPSA) is 75.3 Å². The summed E-state index contributed by atoms with van der Waals surface area (Å²) in [6.07, 6.45) is 0. The summed E-state index contributed by atoms with van der Waals surface area (Å²) in [5, 5.41) is 2.67. The number of nitrogens with one attached hydrogen (secondary N) is 2. The lowest BCUT2D eigenvalue weighted by Crippen LogP contribution is -2.19. The number of carbonyl (C=O) groups is 1. The Morgan fingerprint density at radius 3 is 2.09 bits per heavy atom. The first kappa shape index (κ1) is 17.0. The van der Waals surface area contributed by atoms with E-state index in [1.807, 2.05) is 19.9 Å². The van der Waals surface area contributed by atoms with Crippen LogP contribution in [0.1, 0.15) is 23.6 Å². The fraction of sp³-hybridized carbons (Fsp3) is 0.235. The standard InChI is InChI=1S/C17H20N2O3S/c1-12-8-13(2)10-16(9-12)19-23(21,22)17-6-4-15(5-7-17)11-18-14(3)20/h4-10,19H,11H2,1-3H3,(H,18,20). The van der Waals surface area contributed by atoms with Gasteiger partial charge in [0.2, 0.25) is 5.91 Å². The number of aryl methyl sites for hydroxylation is 2. The van der Waals surface area contributed by atoms with Gasteiger partial charge in [0.1, 0.15) is 0 Å². The largest absolute Gasteiger partial charge is 0.352 e. The van der Waals surface area contributed by atoms with Crippen LogP contribution < -0.4 is 10.0 Å². The molecule has 0 unspecified atom stereocenters. The Hall–Kier alpha value is -2.34. The van der Waals surface area contributed by atoms with Crippen molar-refractivity contribution in [2.24, 2.45) is 0 Å². The first-order valence-corrected chi connectivity index (χ1v) is 8.69. The van der Waals surface area contributed by atoms with Crippen molar-refractivity contribution in [3.05, 3.63) is 59.2 Å². The lowest BCUT2D eigenvalue weighted by molar-refractivity contribution is -0.119. The molecule has 6 heteroatoms. The molecule has 0 atom stereocenters. The van der Waals surface area contributed by atoms with Gasteiger partial charge in [-0.15, -0.1) is 0 Å². The van der Waals surface area contributed by atoms with E-state index >= 15 is 0 Å². The second-order valence-electron chi connectivity index (χ2n) is 5.54. The summed E-state index contributed by atoms with van der Waals surface area (Å²) in [7, 11) is -3.63. The Labute approximate surface area is 136 Å². The minimum atomic E-state index is -3.63. The van der Waals surface area contributed by atoms with Crippen molar-refractivity contribution in [2.75, 3.05) is 4.72 Å². The summed E-state index contributed by atoms with van der Waals surface area (Å²) < 4.78 is 27.4. The van der Waals surface area contributed by atoms with Gasteiger partial charge < -0.3 is 5.32 Å². The van der Waals surface area contributed by atoms with E-state index in [0.717, 1.165) is 16.7 Å². The molecule has 0 fully saturated rings. The van der Waals surface area contributed by atoms with Crippen molar-refractivity contribution in [2.45, 2.75) is 32.2 Å². The number of rotatable bonds is 5. The van der Waals surface area contributed by atoms with Crippen LogP contribution >= 0.6 is 0 Å². The van der Waals surface area contributed by atoms with Crippen LogP contribution in [0.2, 0.25) is 0 Å². The third-order valence-corrected chi connectivity index (χ3v) is 4.65. The highest BCUT2D eigenvalue weighted by Gasteiger charge is 2.14. The van der Waals surface area contributed by atoms with Crippen molar-refractivity contribution < 1.29 is 13.2 Å². The van der Waals surface area contributed by atoms with Crippen molar-refractivity contribution in [3.63, 3.8) is 0 Å². The van der Waals surface area contributed by atoms with Crippen LogP contribution in [0.15, 0.2) is 47.4 Å². The van der Waals surface area contributed by atoms with Crippen LogP contribution in [0.3, 0.4) is 0 Å². The Bertz CT molecular complexity index is 792. The van der Waals surface area contributed by atoms with Gasteiger partial charge in [-0.2, -0.15) is 0 Å². The van der Waals surface area contributed by atoms with Gasteiger partial charge in [0.25, 0.3) is 10.0 Å². The SMILES string of the molecule is CC(=O)NCc1ccc(S(=O)(=O)Nc2cc(C)cc(C)c2)cc1. The lowest BCUT2D eigenvalue weighted by atomic mass is 10.1. The van der Waals surface area contributed by atoms with Crippen LogP contribution in [0, 0.1) is 13.8 Å². The molecule has 0 bridgehead atoms. The fourth-order valence-corrected chi connectivity index (χ4v) is 3.30. The predicted octanol–water partition coefficient (Wildman–Crippen LogP) is 2.74. The van der Waals surface area contributed by atoms with Crippen molar-refractivity contribution in [1.29, 1.82) is 0 Å². The molecule has 122 valence electrons. The molecular formula is C17H20N2O3S. The fourth-order valence-electron chi connectivity index (χ4n) is 2.26. The first-order valence-electron chi connectivity index (χ1n) is 7.21. The molecule has 0 aliphatic heterocycles. The number of hydrogen-bond donors (Lipinski definition) is 2. The minimum Gasteiger partial charge on any atom is -0.352 e. The number of benzene rings is 2. The summed E-state index contributed by atoms with van der Waals surface area (Å²) >= 11 is 0. The second-order valence-corrected chi connectivity index (χ2v) is 7.22. The van der Waals surface area contributed by atoms with Crippen LogP contribution in [-0.2, 0) is 21.4 Å². The summed E-state index contributed by atoms with van der Waals surface area (Å²) in [5.74, 6) is -0.127. The molecule has 1 amide bonds. The molecule has 0 aromatic heterocycles. The number of anilines is 1. The zero-order valence-corrected chi connectivity index (χ0v) is 14.2. The van der Waals surface area contributed by atoms with Gasteiger partial charge in [-0.25, -0.2) is 8.42 Å². The first-order chi connectivity index (χ1) is 10.8. The maximum Gasteiger partial charge on any atom is 0.261 e. The summed E-state index contributed by atoms with van der Waals surface area (Å²) in [6.45, 7) is 5.65. The smallest absolute Gasteiger partial charge is 0.261 e. The van der Waals surface area contributed by atoms with Crippen LogP contribution in [0.25, 0.3) is 0 Å². The van der Waals surface area contributed by atoms with E-state index in [-0.39, 0.29) is 10.8 Å². The van der Waals surface area contributed by atoms with Gasteiger partial charge >= 0.3 is 0 Å². The van der Waals surface area contributed by atoms with E-state index in [4.69, 9.17) is 0 Å². The van der Waals surface area contributed by atoms with Gasteiger partial charge in [0.05, 0.1) is 4.90 Å². The Morgan fingerprint density at radius 1 is 1.00 bits per heavy atom. The molecule has 2 N–H and O–H groups in total. The van der Waals surface area contributed by atoms with Crippen molar-refractivity contribution in [1.82, 2.24) is 5.32 Å². The van der Waals surface area contributed by atoms with Crippen molar-refractivity contribution in [3.8, 4) is 0 Å². The van der Waals surface area contributed by atoms with E-state index < -0.39 is 10.0 Å². The third kappa shape index (κ3) is 4.82.